The zero-order valence-electron chi connectivity index (χ0n) is 35.2. The molecule has 6 aromatic carbocycles. The van der Waals surface area contributed by atoms with Gasteiger partial charge in [0.05, 0.1) is 35.2 Å². The first kappa shape index (κ1) is 40.8. The van der Waals surface area contributed by atoms with Crippen molar-refractivity contribution in [3.05, 3.63) is 190 Å². The monoisotopic (exact) mass is 866 g/mol. The quantitative estimate of drug-likeness (QED) is 0.0846. The SMILES string of the molecule is CC(C)COC(=O)Nc1nc2ccc(C3(OC(=O)Nc4nc5ccc(C6(O)c7ccccc7C(=O)N6Cc6ccccc6)cc5[nH]4)c4ccccc4C(=O)N3Cc3ccccc3)cc2[nH]1. The topological polar surface area (TPSA) is 195 Å². The van der Waals surface area contributed by atoms with Crippen molar-refractivity contribution < 1.29 is 33.8 Å². The van der Waals surface area contributed by atoms with E-state index in [0.717, 1.165) is 11.1 Å². The minimum absolute atomic E-state index is 0.0321. The first-order valence-electron chi connectivity index (χ1n) is 21.1. The molecule has 4 heterocycles. The molecule has 2 aliphatic rings. The van der Waals surface area contributed by atoms with Gasteiger partial charge < -0.3 is 24.5 Å². The number of anilines is 2. The molecule has 65 heavy (non-hydrogen) atoms. The largest absolute Gasteiger partial charge is 0.449 e. The number of imidazole rings is 2. The van der Waals surface area contributed by atoms with Crippen LogP contribution in [0.15, 0.2) is 146 Å². The van der Waals surface area contributed by atoms with E-state index in [-0.39, 0.29) is 49.3 Å². The van der Waals surface area contributed by atoms with Crippen molar-refractivity contribution in [1.82, 2.24) is 29.7 Å². The summed E-state index contributed by atoms with van der Waals surface area (Å²) in [5.74, 6) is -0.351. The predicted octanol–water partition coefficient (Wildman–Crippen LogP) is 8.60. The van der Waals surface area contributed by atoms with E-state index in [0.29, 0.717) is 55.4 Å². The van der Waals surface area contributed by atoms with Crippen LogP contribution in [0.25, 0.3) is 22.1 Å². The minimum atomic E-state index is -1.82. The molecule has 4 amide bonds. The van der Waals surface area contributed by atoms with Gasteiger partial charge in [0.2, 0.25) is 17.6 Å². The van der Waals surface area contributed by atoms with Gasteiger partial charge >= 0.3 is 12.2 Å². The fourth-order valence-electron chi connectivity index (χ4n) is 8.70. The third kappa shape index (κ3) is 7.17. The van der Waals surface area contributed by atoms with Gasteiger partial charge in [-0.15, -0.1) is 0 Å². The molecule has 2 atom stereocenters. The normalized spacial score (nSPS) is 17.7. The van der Waals surface area contributed by atoms with Crippen molar-refractivity contribution in [3.8, 4) is 0 Å². The second-order valence-electron chi connectivity index (χ2n) is 16.4. The van der Waals surface area contributed by atoms with E-state index in [1.54, 1.807) is 84.9 Å². The summed E-state index contributed by atoms with van der Waals surface area (Å²) in [5, 5.41) is 18.0. The van der Waals surface area contributed by atoms with Crippen LogP contribution >= 0.6 is 0 Å². The molecule has 0 fully saturated rings. The van der Waals surface area contributed by atoms with Crippen molar-refractivity contribution in [2.75, 3.05) is 17.2 Å². The van der Waals surface area contributed by atoms with Crippen molar-refractivity contribution >= 4 is 58.0 Å². The Kier molecular flexibility index (Phi) is 10.1. The highest BCUT2D eigenvalue weighted by Crippen LogP contribution is 2.48. The number of ether oxygens (including phenoxy) is 2. The first-order valence-corrected chi connectivity index (χ1v) is 21.1. The van der Waals surface area contributed by atoms with E-state index in [1.165, 1.54) is 9.80 Å². The van der Waals surface area contributed by atoms with Crippen LogP contribution in [-0.2, 0) is 34.0 Å². The lowest BCUT2D eigenvalue weighted by Gasteiger charge is -2.38. The number of hydrogen-bond acceptors (Lipinski definition) is 9. The average Bonchev–Trinajstić information content (AvgIpc) is 4.03. The van der Waals surface area contributed by atoms with Crippen LogP contribution in [0.3, 0.4) is 0 Å². The Balaban J connectivity index is 1.00. The molecule has 2 unspecified atom stereocenters. The van der Waals surface area contributed by atoms with Crippen molar-refractivity contribution in [2.45, 2.75) is 38.4 Å². The number of amides is 4. The molecule has 0 spiro atoms. The van der Waals surface area contributed by atoms with Crippen molar-refractivity contribution in [1.29, 1.82) is 0 Å². The van der Waals surface area contributed by atoms with Gasteiger partial charge in [0.1, 0.15) is 0 Å². The second kappa shape index (κ2) is 16.1. The maximum atomic E-state index is 14.5. The van der Waals surface area contributed by atoms with Gasteiger partial charge in [0.15, 0.2) is 5.72 Å². The molecule has 0 saturated carbocycles. The van der Waals surface area contributed by atoms with Crippen LogP contribution in [0.2, 0.25) is 0 Å². The summed E-state index contributed by atoms with van der Waals surface area (Å²) >= 11 is 0. The molecular weight excluding hydrogens is 825 g/mol. The summed E-state index contributed by atoms with van der Waals surface area (Å²) in [7, 11) is 0. The molecule has 2 aromatic heterocycles. The van der Waals surface area contributed by atoms with Crippen LogP contribution < -0.4 is 10.6 Å². The Morgan fingerprint density at radius 1 is 0.631 bits per heavy atom. The third-order valence-corrected chi connectivity index (χ3v) is 11.7. The zero-order chi connectivity index (χ0) is 44.9. The van der Waals surface area contributed by atoms with E-state index in [4.69, 9.17) is 9.47 Å². The summed E-state index contributed by atoms with van der Waals surface area (Å²) in [5.41, 5.74) is 2.36. The number of aromatic nitrogens is 4. The third-order valence-electron chi connectivity index (χ3n) is 11.7. The van der Waals surface area contributed by atoms with E-state index in [9.17, 15) is 24.3 Å². The first-order chi connectivity index (χ1) is 31.5. The summed E-state index contributed by atoms with van der Waals surface area (Å²) in [6, 6.07) is 43.1. The highest BCUT2D eigenvalue weighted by atomic mass is 16.6. The van der Waals surface area contributed by atoms with E-state index >= 15 is 0 Å². The number of nitrogens with one attached hydrogen (secondary N) is 4. The fraction of sp³-hybridized carbons (Fsp3) is 0.160. The molecule has 8 aromatic rings. The molecule has 2 aliphatic heterocycles. The molecule has 5 N–H and O–H groups in total. The molecule has 0 saturated heterocycles. The summed E-state index contributed by atoms with van der Waals surface area (Å²) in [6.07, 6.45) is -1.60. The number of nitrogens with zero attached hydrogens (tertiary/aromatic N) is 4. The second-order valence-corrected chi connectivity index (χ2v) is 16.4. The van der Waals surface area contributed by atoms with Gasteiger partial charge in [-0.1, -0.05) is 123 Å². The van der Waals surface area contributed by atoms with Crippen LogP contribution in [0.1, 0.15) is 67.9 Å². The van der Waals surface area contributed by atoms with Gasteiger partial charge in [-0.25, -0.2) is 19.6 Å². The number of benzene rings is 6. The molecule has 15 nitrogen and oxygen atoms in total. The number of aromatic amines is 2. The fourth-order valence-corrected chi connectivity index (χ4v) is 8.70. The summed E-state index contributed by atoms with van der Waals surface area (Å²) < 4.78 is 11.9. The van der Waals surface area contributed by atoms with Crippen LogP contribution in [0, 0.1) is 5.92 Å². The number of H-pyrrole nitrogens is 2. The van der Waals surface area contributed by atoms with Gasteiger partial charge in [0.25, 0.3) is 11.8 Å². The molecule has 324 valence electrons. The van der Waals surface area contributed by atoms with Crippen molar-refractivity contribution in [2.24, 2.45) is 5.92 Å². The lowest BCUT2D eigenvalue weighted by atomic mass is 9.93. The maximum Gasteiger partial charge on any atom is 0.416 e. The number of carbonyl (C=O) groups excluding carboxylic acids is 4. The van der Waals surface area contributed by atoms with Crippen LogP contribution in [-0.4, -0.2) is 65.4 Å². The standard InChI is InChI=1S/C50H42N8O7/c1-30(2)29-64-47(61)55-45-51-40-24-22-34(26-42(40)54-45)50(38-20-12-10-18-36(38)44(60)58(50)28-32-15-7-4-8-16-32)65-48(62)56-46-52-39-23-21-33(25-41(39)53-46)49(63)37-19-11-9-17-35(37)43(59)57(49)27-31-13-5-3-6-14-31/h3-26,30,63H,27-29H2,1-2H3,(H2,51,54,55,61)(H2,52,53,56,62). The van der Waals surface area contributed by atoms with Gasteiger partial charge in [-0.05, 0) is 53.4 Å². The highest BCUT2D eigenvalue weighted by molar-refractivity contribution is 6.02. The Morgan fingerprint density at radius 2 is 1.12 bits per heavy atom. The summed E-state index contributed by atoms with van der Waals surface area (Å²) in [4.78, 5) is 73.7. The molecule has 0 radical (unpaired) electrons. The molecule has 0 bridgehead atoms. The van der Waals surface area contributed by atoms with E-state index in [2.05, 4.69) is 30.6 Å². The Bertz CT molecular complexity index is 3150. The highest BCUT2D eigenvalue weighted by Gasteiger charge is 2.55. The molecule has 15 heteroatoms. The van der Waals surface area contributed by atoms with Crippen LogP contribution in [0.4, 0.5) is 21.5 Å². The zero-order valence-corrected chi connectivity index (χ0v) is 35.2. The Hall–Kier alpha value is -8.30. The number of hydrogen-bond donors (Lipinski definition) is 5. The lowest BCUT2D eigenvalue weighted by Crippen LogP contribution is -2.48. The predicted molar refractivity (Wildman–Crippen MR) is 241 cm³/mol. The number of carbonyl (C=O) groups is 4. The van der Waals surface area contributed by atoms with Gasteiger partial charge in [-0.2, -0.15) is 0 Å². The van der Waals surface area contributed by atoms with Crippen LogP contribution in [0.5, 0.6) is 0 Å². The number of fused-ring (bicyclic) bond motifs is 4. The number of aliphatic hydroxyl groups is 1. The van der Waals surface area contributed by atoms with Gasteiger partial charge in [-0.3, -0.25) is 30.0 Å². The molecule has 0 aliphatic carbocycles. The lowest BCUT2D eigenvalue weighted by molar-refractivity contribution is -0.0595. The molecule has 10 rings (SSSR count). The Labute approximate surface area is 372 Å². The summed E-state index contributed by atoms with van der Waals surface area (Å²) in [6.45, 7) is 4.31. The van der Waals surface area contributed by atoms with E-state index < -0.39 is 23.6 Å². The number of rotatable bonds is 11. The molecular formula is C50H42N8O7. The minimum Gasteiger partial charge on any atom is -0.449 e. The Morgan fingerprint density at radius 3 is 1.74 bits per heavy atom. The van der Waals surface area contributed by atoms with E-state index in [1.807, 2.05) is 74.5 Å². The smallest absolute Gasteiger partial charge is 0.416 e. The average molecular weight is 867 g/mol. The van der Waals surface area contributed by atoms with Gasteiger partial charge in [0, 0.05) is 39.9 Å². The maximum absolute atomic E-state index is 14.5. The van der Waals surface area contributed by atoms with Crippen molar-refractivity contribution in [3.63, 3.8) is 0 Å².